The van der Waals surface area contributed by atoms with Gasteiger partial charge in [0.05, 0.1) is 6.61 Å². The second-order valence-corrected chi connectivity index (χ2v) is 3.98. The molecule has 0 saturated carbocycles. The van der Waals surface area contributed by atoms with E-state index in [1.165, 1.54) is 0 Å². The number of rotatable bonds is 5. The fourth-order valence-corrected chi connectivity index (χ4v) is 1.38. The molecular formula is C7H16N4O5S. The van der Waals surface area contributed by atoms with E-state index in [2.05, 4.69) is 21.7 Å². The van der Waals surface area contributed by atoms with Crippen molar-refractivity contribution in [3.8, 4) is 0 Å². The molecule has 0 aromatic carbocycles. The van der Waals surface area contributed by atoms with Crippen LogP contribution in [0.5, 0.6) is 0 Å². The minimum absolute atomic E-state index is 0.249. The van der Waals surface area contributed by atoms with Gasteiger partial charge >= 0.3 is 0 Å². The molecule has 1 aliphatic heterocycles. The van der Waals surface area contributed by atoms with Crippen LogP contribution in [0.4, 0.5) is 0 Å². The van der Waals surface area contributed by atoms with Crippen LogP contribution in [0.25, 0.3) is 0 Å². The average molecular weight is 268 g/mol. The Kier molecular flexibility index (Phi) is 5.42. The Bertz CT molecular complexity index is 261. The second-order valence-electron chi connectivity index (χ2n) is 3.57. The highest BCUT2D eigenvalue weighted by Crippen LogP contribution is 2.07. The summed E-state index contributed by atoms with van der Waals surface area (Å²) >= 11 is 4.71. The molecule has 0 radical (unpaired) electrons. The van der Waals surface area contributed by atoms with Crippen molar-refractivity contribution in [3.63, 3.8) is 0 Å². The van der Waals surface area contributed by atoms with Crippen molar-refractivity contribution in [2.75, 3.05) is 6.61 Å². The van der Waals surface area contributed by atoms with Gasteiger partial charge in [-0.1, -0.05) is 0 Å². The third-order valence-electron chi connectivity index (χ3n) is 2.31. The Morgan fingerprint density at radius 2 is 1.59 bits per heavy atom. The Morgan fingerprint density at radius 3 is 2.06 bits per heavy atom. The largest absolute Gasteiger partial charge is 0.394 e. The summed E-state index contributed by atoms with van der Waals surface area (Å²) in [5.74, 6) is 0. The van der Waals surface area contributed by atoms with Crippen molar-refractivity contribution in [1.82, 2.24) is 21.7 Å². The normalized spacial score (nSPS) is 24.4. The number of aliphatic hydroxyl groups excluding tert-OH is 5. The van der Waals surface area contributed by atoms with Gasteiger partial charge in [-0.15, -0.1) is 0 Å². The monoisotopic (exact) mass is 268 g/mol. The first-order chi connectivity index (χ1) is 7.97. The topological polar surface area (TPSA) is 149 Å². The molecule has 0 aromatic heterocycles. The molecule has 9 nitrogen and oxygen atoms in total. The summed E-state index contributed by atoms with van der Waals surface area (Å²) in [5.41, 5.74) is 10.0. The molecule has 1 rings (SSSR count). The van der Waals surface area contributed by atoms with Crippen LogP contribution in [0.2, 0.25) is 0 Å². The van der Waals surface area contributed by atoms with Crippen LogP contribution in [0.15, 0.2) is 0 Å². The first-order valence-electron chi connectivity index (χ1n) is 4.87. The Balaban J connectivity index is 2.50. The highest BCUT2D eigenvalue weighted by molar-refractivity contribution is 7.80. The van der Waals surface area contributed by atoms with E-state index in [9.17, 15) is 15.3 Å². The van der Waals surface area contributed by atoms with E-state index in [1.807, 2.05) is 0 Å². The number of hydrogen-bond acceptors (Lipinski definition) is 8. The summed E-state index contributed by atoms with van der Waals surface area (Å²) in [6, 6.07) is 0. The van der Waals surface area contributed by atoms with Crippen LogP contribution in [-0.2, 0) is 0 Å². The summed E-state index contributed by atoms with van der Waals surface area (Å²) in [6.45, 7) is -0.725. The molecule has 1 heterocycles. The lowest BCUT2D eigenvalue weighted by Gasteiger charge is -2.35. The molecular weight excluding hydrogens is 252 g/mol. The number of nitrogens with one attached hydrogen (secondary N) is 4. The smallest absolute Gasteiger partial charge is 0.195 e. The van der Waals surface area contributed by atoms with Crippen molar-refractivity contribution in [2.24, 2.45) is 0 Å². The SMILES string of the molecule is OCC(O)C(O)C(O)C(O)C1NNC(=S)NN1. The lowest BCUT2D eigenvalue weighted by atomic mass is 10.0. The lowest BCUT2D eigenvalue weighted by Crippen LogP contribution is -2.71. The zero-order chi connectivity index (χ0) is 13.0. The van der Waals surface area contributed by atoms with Gasteiger partial charge in [0.25, 0.3) is 0 Å². The maximum Gasteiger partial charge on any atom is 0.195 e. The number of aliphatic hydroxyl groups is 5. The minimum atomic E-state index is -1.67. The van der Waals surface area contributed by atoms with E-state index in [4.69, 9.17) is 22.4 Å². The highest BCUT2D eigenvalue weighted by Gasteiger charge is 2.35. The Morgan fingerprint density at radius 1 is 1.06 bits per heavy atom. The molecule has 17 heavy (non-hydrogen) atoms. The average Bonchev–Trinajstić information content (AvgIpc) is 2.36. The van der Waals surface area contributed by atoms with Gasteiger partial charge in [-0.3, -0.25) is 10.9 Å². The fraction of sp³-hybridized carbons (Fsp3) is 0.857. The zero-order valence-corrected chi connectivity index (χ0v) is 9.55. The Hall–Kier alpha value is -0.590. The molecule has 9 N–H and O–H groups in total. The van der Waals surface area contributed by atoms with Gasteiger partial charge in [0.15, 0.2) is 5.11 Å². The van der Waals surface area contributed by atoms with Gasteiger partial charge in [-0.25, -0.2) is 10.9 Å². The highest BCUT2D eigenvalue weighted by atomic mass is 32.1. The molecule has 10 heteroatoms. The van der Waals surface area contributed by atoms with Gasteiger partial charge in [0.1, 0.15) is 30.6 Å². The molecule has 0 bridgehead atoms. The molecule has 0 amide bonds. The molecule has 100 valence electrons. The molecule has 1 aliphatic rings. The molecule has 1 saturated heterocycles. The lowest BCUT2D eigenvalue weighted by molar-refractivity contribution is -0.126. The van der Waals surface area contributed by atoms with Gasteiger partial charge in [-0.05, 0) is 12.2 Å². The number of hydrogen-bond donors (Lipinski definition) is 9. The summed E-state index contributed by atoms with van der Waals surface area (Å²) in [5, 5.41) is 46.6. The van der Waals surface area contributed by atoms with Gasteiger partial charge in [0.2, 0.25) is 0 Å². The van der Waals surface area contributed by atoms with Crippen LogP contribution < -0.4 is 21.7 Å². The van der Waals surface area contributed by atoms with E-state index >= 15 is 0 Å². The molecule has 0 aromatic rings. The Labute approximate surface area is 102 Å². The molecule has 4 unspecified atom stereocenters. The quantitative estimate of drug-likeness (QED) is 0.222. The van der Waals surface area contributed by atoms with Crippen LogP contribution in [0, 0.1) is 0 Å². The van der Waals surface area contributed by atoms with Crippen molar-refractivity contribution in [2.45, 2.75) is 30.6 Å². The number of thiocarbonyl (C=S) groups is 1. The third-order valence-corrected chi connectivity index (χ3v) is 2.51. The van der Waals surface area contributed by atoms with E-state index < -0.39 is 37.2 Å². The van der Waals surface area contributed by atoms with Crippen LogP contribution in [0.3, 0.4) is 0 Å². The first-order valence-corrected chi connectivity index (χ1v) is 5.28. The van der Waals surface area contributed by atoms with E-state index in [0.717, 1.165) is 0 Å². The van der Waals surface area contributed by atoms with E-state index in [-0.39, 0.29) is 5.11 Å². The van der Waals surface area contributed by atoms with Crippen LogP contribution >= 0.6 is 12.2 Å². The summed E-state index contributed by atoms with van der Waals surface area (Å²) in [6.07, 6.45) is -7.17. The molecule has 1 fully saturated rings. The summed E-state index contributed by atoms with van der Waals surface area (Å²) in [7, 11) is 0. The van der Waals surface area contributed by atoms with E-state index in [0.29, 0.717) is 0 Å². The summed E-state index contributed by atoms with van der Waals surface area (Å²) < 4.78 is 0. The minimum Gasteiger partial charge on any atom is -0.394 e. The van der Waals surface area contributed by atoms with E-state index in [1.54, 1.807) is 0 Å². The second kappa shape index (κ2) is 6.37. The van der Waals surface area contributed by atoms with Crippen molar-refractivity contribution >= 4 is 17.3 Å². The van der Waals surface area contributed by atoms with Gasteiger partial charge in [0, 0.05) is 0 Å². The fourth-order valence-electron chi connectivity index (χ4n) is 1.26. The van der Waals surface area contributed by atoms with Crippen LogP contribution in [0.1, 0.15) is 0 Å². The van der Waals surface area contributed by atoms with Gasteiger partial charge < -0.3 is 25.5 Å². The van der Waals surface area contributed by atoms with Gasteiger partial charge in [-0.2, -0.15) is 0 Å². The molecule has 0 aliphatic carbocycles. The van der Waals surface area contributed by atoms with Crippen molar-refractivity contribution < 1.29 is 25.5 Å². The maximum absolute atomic E-state index is 9.69. The molecule has 4 atom stereocenters. The first kappa shape index (κ1) is 14.5. The number of hydrazine groups is 2. The maximum atomic E-state index is 9.69. The van der Waals surface area contributed by atoms with Crippen molar-refractivity contribution in [1.29, 1.82) is 0 Å². The third kappa shape index (κ3) is 3.69. The zero-order valence-electron chi connectivity index (χ0n) is 8.74. The van der Waals surface area contributed by atoms with Crippen molar-refractivity contribution in [3.05, 3.63) is 0 Å². The predicted octanol–water partition coefficient (Wildman–Crippen LogP) is -4.76. The molecule has 0 spiro atoms. The van der Waals surface area contributed by atoms with Crippen LogP contribution in [-0.4, -0.2) is 67.8 Å². The predicted molar refractivity (Wildman–Crippen MR) is 60.0 cm³/mol. The standard InChI is InChI=1S/C7H16N4O5S/c12-1-2(13)3(14)4(15)5(16)6-8-10-7(17)11-9-6/h2-6,8-9,12-16H,1H2,(H2,10,11,17). The summed E-state index contributed by atoms with van der Waals surface area (Å²) in [4.78, 5) is 0.